The third-order valence-corrected chi connectivity index (χ3v) is 3.93. The molecular formula is C21H16Cl2F4FeN2O. The Bertz CT molecular complexity index is 1050. The zero-order valence-corrected chi connectivity index (χ0v) is 18.8. The van der Waals surface area contributed by atoms with Gasteiger partial charge < -0.3 is 4.42 Å². The Kier molecular flexibility index (Phi) is 9.31. The molecule has 3 aromatic rings. The average molecular weight is 515 g/mol. The summed E-state index contributed by atoms with van der Waals surface area (Å²) in [5, 5.41) is 0. The van der Waals surface area contributed by atoms with E-state index < -0.39 is 11.7 Å². The van der Waals surface area contributed by atoms with Crippen LogP contribution >= 0.6 is 20.2 Å². The van der Waals surface area contributed by atoms with E-state index in [1.807, 2.05) is 0 Å². The van der Waals surface area contributed by atoms with E-state index >= 15 is 0 Å². The van der Waals surface area contributed by atoms with E-state index in [9.17, 15) is 17.6 Å². The Labute approximate surface area is 191 Å². The molecule has 0 bridgehead atoms. The van der Waals surface area contributed by atoms with Crippen molar-refractivity contribution < 1.29 is 35.1 Å². The molecule has 0 N–H and O–H groups in total. The van der Waals surface area contributed by atoms with Crippen molar-refractivity contribution in [3.05, 3.63) is 83.6 Å². The van der Waals surface area contributed by atoms with Crippen molar-refractivity contribution >= 4 is 43.0 Å². The van der Waals surface area contributed by atoms with Crippen molar-refractivity contribution in [2.75, 3.05) is 0 Å². The fourth-order valence-corrected chi connectivity index (χ4v) is 2.46. The van der Waals surface area contributed by atoms with E-state index in [0.717, 1.165) is 12.1 Å². The van der Waals surface area contributed by atoms with Crippen LogP contribution in [0.5, 0.6) is 0 Å². The Hall–Kier alpha value is -2.12. The van der Waals surface area contributed by atoms with Gasteiger partial charge >= 0.3 is 39.5 Å². The quantitative estimate of drug-likeness (QED) is 0.197. The molecule has 10 heteroatoms. The summed E-state index contributed by atoms with van der Waals surface area (Å²) in [6, 6.07) is 13.8. The number of nitrogens with zero attached hydrogens (tertiary/aromatic N) is 2. The summed E-state index contributed by atoms with van der Waals surface area (Å²) in [6.07, 6.45) is -4.38. The molecule has 1 aromatic heterocycles. The van der Waals surface area contributed by atoms with Crippen molar-refractivity contribution in [3.63, 3.8) is 0 Å². The van der Waals surface area contributed by atoms with Gasteiger partial charge in [-0.2, -0.15) is 13.2 Å². The number of benzene rings is 2. The van der Waals surface area contributed by atoms with Gasteiger partial charge in [-0.1, -0.05) is 0 Å². The van der Waals surface area contributed by atoms with E-state index in [-0.39, 0.29) is 19.0 Å². The van der Waals surface area contributed by atoms with Crippen LogP contribution in [0.15, 0.2) is 75.1 Å². The van der Waals surface area contributed by atoms with Crippen LogP contribution in [0.1, 0.15) is 30.9 Å². The van der Waals surface area contributed by atoms with E-state index in [2.05, 4.69) is 9.98 Å². The topological polar surface area (TPSA) is 37.9 Å². The van der Waals surface area contributed by atoms with Gasteiger partial charge in [-0.3, -0.25) is 0 Å². The number of hydrogen-bond acceptors (Lipinski definition) is 3. The Morgan fingerprint density at radius 2 is 1.16 bits per heavy atom. The predicted molar refractivity (Wildman–Crippen MR) is 112 cm³/mol. The molecule has 31 heavy (non-hydrogen) atoms. The molecule has 0 aliphatic carbocycles. The minimum absolute atomic E-state index is 0.194. The first-order valence-corrected chi connectivity index (χ1v) is 11.7. The Morgan fingerprint density at radius 3 is 1.55 bits per heavy atom. The average Bonchev–Trinajstić information content (AvgIpc) is 3.21. The molecular weight excluding hydrogens is 499 g/mol. The van der Waals surface area contributed by atoms with Crippen LogP contribution in [0.25, 0.3) is 0 Å². The van der Waals surface area contributed by atoms with Crippen LogP contribution in [0.4, 0.5) is 28.9 Å². The number of hydrogen-bond donors (Lipinski definition) is 0. The van der Waals surface area contributed by atoms with Gasteiger partial charge in [-0.15, -0.1) is 0 Å². The van der Waals surface area contributed by atoms with E-state index in [0.29, 0.717) is 34.3 Å². The van der Waals surface area contributed by atoms with Crippen LogP contribution in [0, 0.1) is 5.82 Å². The third-order valence-electron chi connectivity index (χ3n) is 3.93. The summed E-state index contributed by atoms with van der Waals surface area (Å²) >= 11 is 0.194. The molecule has 0 spiro atoms. The second-order valence-corrected chi connectivity index (χ2v) is 7.95. The molecule has 0 saturated carbocycles. The number of alkyl halides is 3. The molecule has 1 heterocycles. The molecule has 0 fully saturated rings. The summed E-state index contributed by atoms with van der Waals surface area (Å²) in [6.45, 7) is 3.46. The summed E-state index contributed by atoms with van der Waals surface area (Å²) in [5.41, 5.74) is 1.37. The fraction of sp³-hybridized carbons (Fsp3) is 0.143. The molecule has 0 radical (unpaired) electrons. The van der Waals surface area contributed by atoms with Gasteiger partial charge in [0.15, 0.2) is 0 Å². The predicted octanol–water partition coefficient (Wildman–Crippen LogP) is 8.10. The zero-order valence-electron chi connectivity index (χ0n) is 16.2. The van der Waals surface area contributed by atoms with E-state index in [1.165, 1.54) is 24.3 Å². The second kappa shape index (κ2) is 11.5. The summed E-state index contributed by atoms with van der Waals surface area (Å²) < 4.78 is 56.6. The molecule has 166 valence electrons. The molecule has 0 amide bonds. The van der Waals surface area contributed by atoms with Gasteiger partial charge in [0.2, 0.25) is 0 Å². The van der Waals surface area contributed by atoms with Crippen molar-refractivity contribution in [1.82, 2.24) is 0 Å². The van der Waals surface area contributed by atoms with Gasteiger partial charge in [0.1, 0.15) is 17.3 Å². The summed E-state index contributed by atoms with van der Waals surface area (Å²) in [4.78, 5) is 8.66. The third kappa shape index (κ3) is 7.82. The number of furan rings is 1. The zero-order chi connectivity index (χ0) is 23.0. The minimum atomic E-state index is -4.38. The monoisotopic (exact) mass is 514 g/mol. The van der Waals surface area contributed by atoms with Crippen LogP contribution in [-0.2, 0) is 19.3 Å². The van der Waals surface area contributed by atoms with Gasteiger partial charge in [0.25, 0.3) is 0 Å². The normalized spacial score (nSPS) is 12.5. The van der Waals surface area contributed by atoms with Crippen LogP contribution < -0.4 is 0 Å². The molecule has 0 unspecified atom stereocenters. The van der Waals surface area contributed by atoms with Crippen LogP contribution in [0.3, 0.4) is 0 Å². The summed E-state index contributed by atoms with van der Waals surface area (Å²) in [5.74, 6) is 0.650. The van der Waals surface area contributed by atoms with E-state index in [4.69, 9.17) is 24.6 Å². The summed E-state index contributed by atoms with van der Waals surface area (Å²) in [7, 11) is 9.53. The van der Waals surface area contributed by atoms with Gasteiger partial charge in [0.05, 0.1) is 28.4 Å². The first kappa shape index (κ1) is 25.1. The molecule has 0 aliphatic heterocycles. The maximum absolute atomic E-state index is 13.0. The molecule has 2 aromatic carbocycles. The molecule has 3 nitrogen and oxygen atoms in total. The number of halogens is 6. The Morgan fingerprint density at radius 1 is 0.774 bits per heavy atom. The first-order valence-electron chi connectivity index (χ1n) is 8.63. The van der Waals surface area contributed by atoms with Crippen molar-refractivity contribution in [1.29, 1.82) is 0 Å². The van der Waals surface area contributed by atoms with Crippen molar-refractivity contribution in [2.24, 2.45) is 9.98 Å². The van der Waals surface area contributed by atoms with Crippen molar-refractivity contribution in [2.45, 2.75) is 20.0 Å². The number of aliphatic imine (C=N–C) groups is 2. The Balaban J connectivity index is 0.00000107. The van der Waals surface area contributed by atoms with Crippen LogP contribution in [-0.4, -0.2) is 11.4 Å². The SMILES string of the molecule is CC(=Nc1ccc(F)cc1)c1ccc(C(C)=Nc2ccc(C(F)(F)F)cc2)o1.[Cl][Fe][Cl]. The van der Waals surface area contributed by atoms with E-state index in [1.54, 1.807) is 38.1 Å². The molecule has 0 atom stereocenters. The first-order chi connectivity index (χ1) is 14.6. The van der Waals surface area contributed by atoms with Crippen LogP contribution in [0.2, 0.25) is 0 Å². The fourth-order valence-electron chi connectivity index (χ4n) is 2.46. The van der Waals surface area contributed by atoms with Gasteiger partial charge in [-0.05, 0) is 74.5 Å². The molecule has 3 rings (SSSR count). The maximum atomic E-state index is 13.0. The molecule has 0 aliphatic rings. The second-order valence-electron chi connectivity index (χ2n) is 6.13. The standard InChI is InChI=1S/C21H16F4N2O.2ClH.Fe/c1-13(26-17-7-3-15(4-8-17)21(23,24)25)19-11-12-20(28-19)14(2)27-18-9-5-16(22)6-10-18;;;/h3-12H,1-2H3;2*1H;/q;;;+2/p-2. The van der Waals surface area contributed by atoms with Gasteiger partial charge in [0, 0.05) is 0 Å². The van der Waals surface area contributed by atoms with Gasteiger partial charge in [-0.25, -0.2) is 14.4 Å². The molecule has 0 saturated heterocycles. The number of rotatable bonds is 4. The van der Waals surface area contributed by atoms with Crippen molar-refractivity contribution in [3.8, 4) is 0 Å².